The molecule has 164 valence electrons. The number of furan rings is 1. The Morgan fingerprint density at radius 2 is 1.17 bits per heavy atom. The minimum Gasteiger partial charge on any atom is -0.456 e. The monoisotopic (exact) mass is 482 g/mol. The second-order valence-electron chi connectivity index (χ2n) is 8.93. The maximum Gasteiger partial charge on any atom is 0.136 e. The SMILES string of the molecule is c1csc(-c2ccc3ccc4c(-c5cccs5)cc(-c5cc6ccccc6o5)c5ccc2c3c54)c1. The van der Waals surface area contributed by atoms with Gasteiger partial charge in [0.05, 0.1) is 0 Å². The molecule has 1 nitrogen and oxygen atoms in total. The third-order valence-corrected chi connectivity index (χ3v) is 8.85. The second kappa shape index (κ2) is 7.29. The van der Waals surface area contributed by atoms with Gasteiger partial charge in [-0.3, -0.25) is 0 Å². The van der Waals surface area contributed by atoms with Gasteiger partial charge in [0.2, 0.25) is 0 Å². The first-order valence-corrected chi connectivity index (χ1v) is 13.4. The fraction of sp³-hybridized carbons (Fsp3) is 0. The molecule has 0 unspecified atom stereocenters. The lowest BCUT2D eigenvalue weighted by Gasteiger charge is -2.17. The standard InChI is InChI=1S/C32H18OS2/c1-2-6-27-20(5-1)17-28(33-27)25-18-26(30-8-4-16-35-30)24-12-10-19-9-11-21(29-7-3-15-34-29)22-13-14-23(25)32(24)31(19)22/h1-18H. The molecule has 0 atom stereocenters. The van der Waals surface area contributed by atoms with E-state index in [0.29, 0.717) is 0 Å². The lowest BCUT2D eigenvalue weighted by atomic mass is 9.87. The topological polar surface area (TPSA) is 13.1 Å². The quantitative estimate of drug-likeness (QED) is 0.228. The van der Waals surface area contributed by atoms with Gasteiger partial charge in [-0.05, 0) is 79.0 Å². The maximum absolute atomic E-state index is 6.40. The van der Waals surface area contributed by atoms with Crippen LogP contribution in [0, 0.1) is 0 Å². The molecule has 0 aliphatic carbocycles. The van der Waals surface area contributed by atoms with Crippen molar-refractivity contribution in [3.63, 3.8) is 0 Å². The molecule has 0 radical (unpaired) electrons. The number of rotatable bonds is 3. The molecular formula is C32H18OS2. The van der Waals surface area contributed by atoms with E-state index in [1.54, 1.807) is 22.7 Å². The van der Waals surface area contributed by atoms with Crippen LogP contribution < -0.4 is 0 Å². The Labute approximate surface area is 209 Å². The van der Waals surface area contributed by atoms with Gasteiger partial charge < -0.3 is 4.42 Å². The summed E-state index contributed by atoms with van der Waals surface area (Å²) in [5.41, 5.74) is 4.63. The Morgan fingerprint density at radius 1 is 0.486 bits per heavy atom. The van der Waals surface area contributed by atoms with Gasteiger partial charge in [0, 0.05) is 26.3 Å². The first kappa shape index (κ1) is 19.4. The average molecular weight is 483 g/mol. The minimum absolute atomic E-state index is 0.917. The molecule has 0 spiro atoms. The first-order chi connectivity index (χ1) is 17.3. The minimum atomic E-state index is 0.917. The lowest BCUT2D eigenvalue weighted by molar-refractivity contribution is 0.632. The third kappa shape index (κ3) is 2.80. The summed E-state index contributed by atoms with van der Waals surface area (Å²) in [5, 5.41) is 13.2. The zero-order chi connectivity index (χ0) is 22.9. The molecule has 3 aromatic heterocycles. The molecule has 0 saturated carbocycles. The van der Waals surface area contributed by atoms with E-state index >= 15 is 0 Å². The van der Waals surface area contributed by atoms with E-state index < -0.39 is 0 Å². The van der Waals surface area contributed by atoms with Crippen molar-refractivity contribution in [2.45, 2.75) is 0 Å². The van der Waals surface area contributed by atoms with Crippen molar-refractivity contribution in [3.05, 3.63) is 108 Å². The molecule has 35 heavy (non-hydrogen) atoms. The summed E-state index contributed by atoms with van der Waals surface area (Å²) < 4.78 is 6.40. The largest absolute Gasteiger partial charge is 0.456 e. The molecule has 0 saturated heterocycles. The molecule has 0 bridgehead atoms. The van der Waals surface area contributed by atoms with Crippen LogP contribution in [0.2, 0.25) is 0 Å². The Hall–Kier alpha value is -3.92. The Kier molecular flexibility index (Phi) is 4.04. The van der Waals surface area contributed by atoms with Crippen LogP contribution >= 0.6 is 22.7 Å². The van der Waals surface area contributed by atoms with E-state index in [1.807, 2.05) is 12.1 Å². The van der Waals surface area contributed by atoms with E-state index in [-0.39, 0.29) is 0 Å². The van der Waals surface area contributed by atoms with Gasteiger partial charge in [0.1, 0.15) is 11.3 Å². The van der Waals surface area contributed by atoms with Gasteiger partial charge in [-0.1, -0.05) is 66.7 Å². The van der Waals surface area contributed by atoms with Gasteiger partial charge in [0.25, 0.3) is 0 Å². The van der Waals surface area contributed by atoms with E-state index in [4.69, 9.17) is 4.42 Å². The van der Waals surface area contributed by atoms with Crippen molar-refractivity contribution in [2.24, 2.45) is 0 Å². The average Bonchev–Trinajstić information content (AvgIpc) is 3.68. The van der Waals surface area contributed by atoms with Gasteiger partial charge in [-0.2, -0.15) is 0 Å². The van der Waals surface area contributed by atoms with Crippen LogP contribution in [-0.2, 0) is 0 Å². The molecule has 3 heteroatoms. The summed E-state index contributed by atoms with van der Waals surface area (Å²) in [7, 11) is 0. The molecule has 8 rings (SSSR count). The summed E-state index contributed by atoms with van der Waals surface area (Å²) in [6.45, 7) is 0. The van der Waals surface area contributed by atoms with Crippen LogP contribution in [0.15, 0.2) is 112 Å². The summed E-state index contributed by atoms with van der Waals surface area (Å²) in [4.78, 5) is 2.58. The van der Waals surface area contributed by atoms with Crippen LogP contribution in [0.1, 0.15) is 0 Å². The zero-order valence-corrected chi connectivity index (χ0v) is 20.3. The summed E-state index contributed by atoms with van der Waals surface area (Å²) in [5.74, 6) is 0.917. The molecule has 0 aliphatic heterocycles. The van der Waals surface area contributed by atoms with Crippen molar-refractivity contribution < 1.29 is 4.42 Å². The molecule has 8 aromatic rings. The van der Waals surface area contributed by atoms with E-state index in [1.165, 1.54) is 53.2 Å². The van der Waals surface area contributed by atoms with Crippen LogP contribution in [0.25, 0.3) is 75.5 Å². The van der Waals surface area contributed by atoms with E-state index in [2.05, 4.69) is 95.7 Å². The van der Waals surface area contributed by atoms with Gasteiger partial charge in [-0.25, -0.2) is 0 Å². The fourth-order valence-electron chi connectivity index (χ4n) is 5.50. The molecular weight excluding hydrogens is 464 g/mol. The second-order valence-corrected chi connectivity index (χ2v) is 10.8. The van der Waals surface area contributed by atoms with Crippen molar-refractivity contribution in [3.8, 4) is 32.2 Å². The highest BCUT2D eigenvalue weighted by atomic mass is 32.1. The van der Waals surface area contributed by atoms with Crippen molar-refractivity contribution in [1.29, 1.82) is 0 Å². The van der Waals surface area contributed by atoms with Gasteiger partial charge >= 0.3 is 0 Å². The normalized spacial score (nSPS) is 12.0. The Balaban J connectivity index is 1.56. The number of fused-ring (bicyclic) bond motifs is 1. The van der Waals surface area contributed by atoms with Gasteiger partial charge in [-0.15, -0.1) is 22.7 Å². The lowest BCUT2D eigenvalue weighted by Crippen LogP contribution is -1.90. The van der Waals surface area contributed by atoms with Crippen LogP contribution in [-0.4, -0.2) is 0 Å². The third-order valence-electron chi connectivity index (χ3n) is 7.05. The molecule has 0 amide bonds. The summed E-state index contributed by atoms with van der Waals surface area (Å²) in [6.07, 6.45) is 0. The first-order valence-electron chi connectivity index (χ1n) is 11.7. The highest BCUT2D eigenvalue weighted by Gasteiger charge is 2.20. The summed E-state index contributed by atoms with van der Waals surface area (Å²) in [6, 6.07) is 35.2. The molecule has 0 N–H and O–H groups in total. The smallest absolute Gasteiger partial charge is 0.136 e. The molecule has 0 fully saturated rings. The zero-order valence-electron chi connectivity index (χ0n) is 18.6. The highest BCUT2D eigenvalue weighted by molar-refractivity contribution is 7.14. The highest BCUT2D eigenvalue weighted by Crippen LogP contribution is 2.47. The van der Waals surface area contributed by atoms with Crippen molar-refractivity contribution in [1.82, 2.24) is 0 Å². The Morgan fingerprint density at radius 3 is 1.94 bits per heavy atom. The van der Waals surface area contributed by atoms with Crippen molar-refractivity contribution in [2.75, 3.05) is 0 Å². The number of thiophene rings is 2. The van der Waals surface area contributed by atoms with Crippen LogP contribution in [0.5, 0.6) is 0 Å². The van der Waals surface area contributed by atoms with E-state index in [9.17, 15) is 0 Å². The van der Waals surface area contributed by atoms with Crippen LogP contribution in [0.3, 0.4) is 0 Å². The molecule has 5 aromatic carbocycles. The maximum atomic E-state index is 6.40. The molecule has 3 heterocycles. The fourth-order valence-corrected chi connectivity index (χ4v) is 7.02. The summed E-state index contributed by atoms with van der Waals surface area (Å²) >= 11 is 3.58. The van der Waals surface area contributed by atoms with Crippen LogP contribution in [0.4, 0.5) is 0 Å². The van der Waals surface area contributed by atoms with Gasteiger partial charge in [0.15, 0.2) is 0 Å². The number of hydrogen-bond donors (Lipinski definition) is 0. The number of benzene rings is 5. The predicted octanol–water partition coefficient (Wildman–Crippen LogP) is 10.5. The van der Waals surface area contributed by atoms with Crippen molar-refractivity contribution >= 4 is 66.0 Å². The number of para-hydroxylation sites is 1. The van der Waals surface area contributed by atoms with E-state index in [0.717, 1.165) is 22.3 Å². The number of hydrogen-bond acceptors (Lipinski definition) is 3. The Bertz CT molecular complexity index is 1960. The molecule has 0 aliphatic rings. The predicted molar refractivity (Wildman–Crippen MR) is 152 cm³/mol.